The van der Waals surface area contributed by atoms with E-state index in [1.54, 1.807) is 0 Å². The minimum Gasteiger partial charge on any atom is -0.481 e. The van der Waals surface area contributed by atoms with Crippen LogP contribution in [0.2, 0.25) is 0 Å². The SMILES string of the molecule is O=C(O)Cc1nnc(SCC(=O)N[C@H]2CON(C3(C(=O)O)CCC(=O)O3)C2=O)s1. The van der Waals surface area contributed by atoms with Gasteiger partial charge in [0.2, 0.25) is 5.91 Å². The van der Waals surface area contributed by atoms with Crippen molar-refractivity contribution in [1.29, 1.82) is 0 Å². The number of hydrogen-bond acceptors (Lipinski definition) is 11. The number of aliphatic carboxylic acids is 2. The van der Waals surface area contributed by atoms with Gasteiger partial charge in [-0.15, -0.1) is 10.2 Å². The normalized spacial score (nSPS) is 23.9. The Labute approximate surface area is 170 Å². The van der Waals surface area contributed by atoms with E-state index in [9.17, 15) is 29.1 Å². The largest absolute Gasteiger partial charge is 0.481 e. The molecule has 0 aromatic carbocycles. The number of carbonyl (C=O) groups excluding carboxylic acids is 3. The zero-order valence-corrected chi connectivity index (χ0v) is 16.2. The summed E-state index contributed by atoms with van der Waals surface area (Å²) in [6, 6.07) is -1.14. The molecule has 29 heavy (non-hydrogen) atoms. The van der Waals surface area contributed by atoms with E-state index in [-0.39, 0.29) is 31.6 Å². The quantitative estimate of drug-likeness (QED) is 0.315. The number of esters is 1. The number of hydrogen-bond donors (Lipinski definition) is 3. The minimum absolute atomic E-state index is 0.134. The standard InChI is InChI=1S/C14H14N4O9S2/c19-7(5-28-13-17-16-8(29-13)3-9(20)21)15-6-4-26-18(11(6)23)14(12(24)25)2-1-10(22)27-14/h6H,1-5H2,(H,15,19)(H,20,21)(H,24,25)/t6-,14?/m0/s1. The van der Waals surface area contributed by atoms with Crippen molar-refractivity contribution in [3.05, 3.63) is 5.01 Å². The van der Waals surface area contributed by atoms with Crippen LogP contribution >= 0.6 is 23.1 Å². The van der Waals surface area contributed by atoms with Crippen LogP contribution in [0.4, 0.5) is 0 Å². The zero-order valence-electron chi connectivity index (χ0n) is 14.5. The van der Waals surface area contributed by atoms with Crippen LogP contribution in [0.15, 0.2) is 4.34 Å². The number of hydroxylamine groups is 2. The second kappa shape index (κ2) is 8.30. The monoisotopic (exact) mass is 446 g/mol. The number of aromatic nitrogens is 2. The van der Waals surface area contributed by atoms with Crippen molar-refractivity contribution in [2.45, 2.75) is 35.4 Å². The molecule has 2 atom stereocenters. The maximum atomic E-state index is 12.5. The van der Waals surface area contributed by atoms with Gasteiger partial charge in [-0.1, -0.05) is 23.1 Å². The lowest BCUT2D eigenvalue weighted by Gasteiger charge is -2.30. The molecule has 0 spiro atoms. The van der Waals surface area contributed by atoms with Crippen LogP contribution < -0.4 is 5.32 Å². The van der Waals surface area contributed by atoms with Crippen LogP contribution in [-0.2, 0) is 40.0 Å². The van der Waals surface area contributed by atoms with Crippen LogP contribution in [0.3, 0.4) is 0 Å². The van der Waals surface area contributed by atoms with Crippen LogP contribution in [-0.4, -0.2) is 79.3 Å². The van der Waals surface area contributed by atoms with E-state index in [1.807, 2.05) is 0 Å². The highest BCUT2D eigenvalue weighted by Crippen LogP contribution is 2.34. The molecule has 3 heterocycles. The molecule has 3 N–H and O–H groups in total. The van der Waals surface area contributed by atoms with Crippen molar-refractivity contribution >= 4 is 52.8 Å². The molecule has 1 unspecified atom stereocenters. The Morgan fingerprint density at radius 2 is 2.07 bits per heavy atom. The first-order valence-electron chi connectivity index (χ1n) is 8.10. The Hall–Kier alpha value is -2.78. The topological polar surface area (TPSA) is 185 Å². The summed E-state index contributed by atoms with van der Waals surface area (Å²) in [4.78, 5) is 63.2. The van der Waals surface area contributed by atoms with Gasteiger partial charge in [0.15, 0.2) is 4.34 Å². The fraction of sp³-hybridized carbons (Fsp3) is 0.500. The summed E-state index contributed by atoms with van der Waals surface area (Å²) in [5.41, 5.74) is -2.24. The molecule has 0 saturated carbocycles. The molecule has 2 fully saturated rings. The van der Waals surface area contributed by atoms with E-state index in [0.717, 1.165) is 23.1 Å². The van der Waals surface area contributed by atoms with E-state index in [2.05, 4.69) is 15.5 Å². The van der Waals surface area contributed by atoms with Gasteiger partial charge in [0, 0.05) is 6.42 Å². The zero-order chi connectivity index (χ0) is 21.2. The number of nitrogens with one attached hydrogen (secondary N) is 1. The summed E-state index contributed by atoms with van der Waals surface area (Å²) >= 11 is 2.04. The lowest BCUT2D eigenvalue weighted by atomic mass is 10.1. The van der Waals surface area contributed by atoms with Gasteiger partial charge in [-0.2, -0.15) is 5.06 Å². The molecule has 0 bridgehead atoms. The maximum absolute atomic E-state index is 12.5. The summed E-state index contributed by atoms with van der Waals surface area (Å²) in [7, 11) is 0. The number of nitrogens with zero attached hydrogens (tertiary/aromatic N) is 3. The van der Waals surface area contributed by atoms with Gasteiger partial charge in [-0.05, 0) is 0 Å². The van der Waals surface area contributed by atoms with Gasteiger partial charge >= 0.3 is 23.6 Å². The summed E-state index contributed by atoms with van der Waals surface area (Å²) in [6.45, 7) is -0.316. The van der Waals surface area contributed by atoms with Gasteiger partial charge in [-0.3, -0.25) is 24.0 Å². The number of cyclic esters (lactones) is 1. The number of amides is 2. The van der Waals surface area contributed by atoms with Crippen LogP contribution in [0.25, 0.3) is 0 Å². The van der Waals surface area contributed by atoms with Crippen molar-refractivity contribution < 1.29 is 43.8 Å². The molecule has 2 aliphatic heterocycles. The Bertz CT molecular complexity index is 875. The van der Waals surface area contributed by atoms with Gasteiger partial charge in [-0.25, -0.2) is 4.79 Å². The smallest absolute Gasteiger partial charge is 0.372 e. The highest BCUT2D eigenvalue weighted by molar-refractivity contribution is 8.01. The molecule has 3 rings (SSSR count). The van der Waals surface area contributed by atoms with E-state index < -0.39 is 41.5 Å². The van der Waals surface area contributed by atoms with E-state index in [1.165, 1.54) is 0 Å². The van der Waals surface area contributed by atoms with Gasteiger partial charge in [0.1, 0.15) is 17.7 Å². The predicted molar refractivity (Wildman–Crippen MR) is 92.4 cm³/mol. The Morgan fingerprint density at radius 3 is 2.69 bits per heavy atom. The first kappa shape index (κ1) is 20.9. The second-order valence-electron chi connectivity index (χ2n) is 5.93. The van der Waals surface area contributed by atoms with Crippen LogP contribution in [0.5, 0.6) is 0 Å². The number of carbonyl (C=O) groups is 5. The van der Waals surface area contributed by atoms with Gasteiger partial charge < -0.3 is 20.3 Å². The van der Waals surface area contributed by atoms with Crippen molar-refractivity contribution in [2.75, 3.05) is 12.4 Å². The number of thioether (sulfide) groups is 1. The molecular formula is C14H14N4O9S2. The molecule has 13 nitrogen and oxygen atoms in total. The molecule has 0 radical (unpaired) electrons. The molecule has 2 saturated heterocycles. The molecule has 2 aliphatic rings. The van der Waals surface area contributed by atoms with E-state index in [4.69, 9.17) is 14.7 Å². The second-order valence-corrected chi connectivity index (χ2v) is 8.22. The summed E-state index contributed by atoms with van der Waals surface area (Å²) < 4.78 is 5.21. The highest BCUT2D eigenvalue weighted by atomic mass is 32.2. The Kier molecular flexibility index (Phi) is 5.99. The average molecular weight is 446 g/mol. The fourth-order valence-corrected chi connectivity index (χ4v) is 4.31. The molecule has 15 heteroatoms. The minimum atomic E-state index is -2.24. The van der Waals surface area contributed by atoms with E-state index in [0.29, 0.717) is 14.4 Å². The Balaban J connectivity index is 1.54. The van der Waals surface area contributed by atoms with Crippen molar-refractivity contribution in [3.8, 4) is 0 Å². The molecule has 2 amide bonds. The predicted octanol–water partition coefficient (Wildman–Crippen LogP) is -1.37. The summed E-state index contributed by atoms with van der Waals surface area (Å²) in [5, 5.41) is 28.8. The molecule has 156 valence electrons. The first-order chi connectivity index (χ1) is 13.7. The molecular weight excluding hydrogens is 432 g/mol. The third-order valence-corrected chi connectivity index (χ3v) is 5.95. The van der Waals surface area contributed by atoms with Crippen molar-refractivity contribution in [3.63, 3.8) is 0 Å². The third kappa shape index (κ3) is 4.46. The first-order valence-corrected chi connectivity index (χ1v) is 9.90. The number of ether oxygens (including phenoxy) is 1. The molecule has 0 aliphatic carbocycles. The summed E-state index contributed by atoms with van der Waals surface area (Å²) in [6.07, 6.45) is -0.720. The maximum Gasteiger partial charge on any atom is 0.372 e. The lowest BCUT2D eigenvalue weighted by Crippen LogP contribution is -2.56. The average Bonchev–Trinajstić information content (AvgIpc) is 3.34. The van der Waals surface area contributed by atoms with Gasteiger partial charge in [0.05, 0.1) is 18.6 Å². The van der Waals surface area contributed by atoms with E-state index >= 15 is 0 Å². The van der Waals surface area contributed by atoms with Crippen LogP contribution in [0.1, 0.15) is 17.8 Å². The number of carboxylic acids is 2. The number of rotatable bonds is 8. The molecule has 1 aromatic heterocycles. The Morgan fingerprint density at radius 1 is 1.31 bits per heavy atom. The van der Waals surface area contributed by atoms with Crippen molar-refractivity contribution in [1.82, 2.24) is 20.6 Å². The van der Waals surface area contributed by atoms with Crippen molar-refractivity contribution in [2.24, 2.45) is 0 Å². The number of carboxylic acid groups (broad SMARTS) is 2. The highest BCUT2D eigenvalue weighted by Gasteiger charge is 2.59. The third-order valence-electron chi connectivity index (χ3n) is 3.89. The molecule has 1 aromatic rings. The summed E-state index contributed by atoms with van der Waals surface area (Å²) in [5.74, 6) is -4.90. The van der Waals surface area contributed by atoms with Crippen LogP contribution in [0, 0.1) is 0 Å². The van der Waals surface area contributed by atoms with Gasteiger partial charge in [0.25, 0.3) is 5.91 Å². The lowest BCUT2D eigenvalue weighted by molar-refractivity contribution is -0.256. The fourth-order valence-electron chi connectivity index (χ4n) is 2.61.